The molecule has 124 valence electrons. The molecule has 0 atom stereocenters. The normalized spacial score (nSPS) is 10.8. The Morgan fingerprint density at radius 2 is 2.04 bits per heavy atom. The van der Waals surface area contributed by atoms with Crippen LogP contribution in [0.4, 0.5) is 5.69 Å². The highest BCUT2D eigenvalue weighted by Crippen LogP contribution is 2.30. The van der Waals surface area contributed by atoms with E-state index in [1.807, 2.05) is 0 Å². The SMILES string of the molecule is Cc1ccc([N+](=O)[O-])c(C(=O)N/N=C\c2cc(Cl)cc(Cl)c2O)c1. The summed E-state index contributed by atoms with van der Waals surface area (Å²) in [4.78, 5) is 22.4. The van der Waals surface area contributed by atoms with Crippen molar-refractivity contribution in [3.63, 3.8) is 0 Å². The Bertz CT molecular complexity index is 853. The molecule has 7 nitrogen and oxygen atoms in total. The van der Waals surface area contributed by atoms with Gasteiger partial charge in [0, 0.05) is 16.7 Å². The maximum atomic E-state index is 12.1. The van der Waals surface area contributed by atoms with Crippen LogP contribution in [0.3, 0.4) is 0 Å². The summed E-state index contributed by atoms with van der Waals surface area (Å²) in [6, 6.07) is 6.91. The van der Waals surface area contributed by atoms with Gasteiger partial charge in [0.25, 0.3) is 11.6 Å². The second-order valence-corrected chi connectivity index (χ2v) is 5.65. The van der Waals surface area contributed by atoms with Crippen LogP contribution in [-0.4, -0.2) is 22.2 Å². The van der Waals surface area contributed by atoms with Gasteiger partial charge in [0.1, 0.15) is 11.3 Å². The van der Waals surface area contributed by atoms with E-state index in [9.17, 15) is 20.0 Å². The molecule has 0 radical (unpaired) electrons. The molecule has 0 fully saturated rings. The number of phenols is 1. The van der Waals surface area contributed by atoms with Crippen LogP contribution < -0.4 is 5.43 Å². The number of hydrogen-bond acceptors (Lipinski definition) is 5. The number of nitro benzene ring substituents is 1. The zero-order chi connectivity index (χ0) is 17.9. The molecule has 0 saturated carbocycles. The van der Waals surface area contributed by atoms with Gasteiger partial charge >= 0.3 is 0 Å². The molecule has 2 aromatic carbocycles. The summed E-state index contributed by atoms with van der Waals surface area (Å²) in [7, 11) is 0. The number of amides is 1. The summed E-state index contributed by atoms with van der Waals surface area (Å²) in [5, 5.41) is 24.7. The fourth-order valence-corrected chi connectivity index (χ4v) is 2.41. The minimum Gasteiger partial charge on any atom is -0.506 e. The monoisotopic (exact) mass is 367 g/mol. The Morgan fingerprint density at radius 3 is 2.71 bits per heavy atom. The molecule has 24 heavy (non-hydrogen) atoms. The Balaban J connectivity index is 2.23. The molecule has 0 aliphatic rings. The Morgan fingerprint density at radius 1 is 1.33 bits per heavy atom. The summed E-state index contributed by atoms with van der Waals surface area (Å²) >= 11 is 11.6. The van der Waals surface area contributed by atoms with E-state index < -0.39 is 10.8 Å². The topological polar surface area (TPSA) is 105 Å². The molecule has 0 bridgehead atoms. The average Bonchev–Trinajstić information content (AvgIpc) is 2.51. The van der Waals surface area contributed by atoms with Crippen LogP contribution in [0.25, 0.3) is 0 Å². The van der Waals surface area contributed by atoms with Crippen molar-refractivity contribution in [2.75, 3.05) is 0 Å². The molecule has 0 aromatic heterocycles. The molecule has 0 aliphatic carbocycles. The lowest BCUT2D eigenvalue weighted by atomic mass is 10.1. The number of phenolic OH excluding ortho intramolecular Hbond substituents is 1. The van der Waals surface area contributed by atoms with Gasteiger partial charge in [-0.15, -0.1) is 0 Å². The van der Waals surface area contributed by atoms with E-state index in [1.54, 1.807) is 6.92 Å². The van der Waals surface area contributed by atoms with Gasteiger partial charge in [0.05, 0.1) is 16.2 Å². The third-order valence-electron chi connectivity index (χ3n) is 3.02. The lowest BCUT2D eigenvalue weighted by molar-refractivity contribution is -0.385. The Kier molecular flexibility index (Phi) is 5.38. The summed E-state index contributed by atoms with van der Waals surface area (Å²) in [5.74, 6) is -1.00. The smallest absolute Gasteiger partial charge is 0.282 e. The standard InChI is InChI=1S/C15H11Cl2N3O4/c1-8-2-3-13(20(23)24)11(4-8)15(22)19-18-7-9-5-10(16)6-12(17)14(9)21/h2-7,21H,1H3,(H,19,22)/b18-7-. The second-order valence-electron chi connectivity index (χ2n) is 4.80. The highest BCUT2D eigenvalue weighted by molar-refractivity contribution is 6.36. The van der Waals surface area contributed by atoms with Gasteiger partial charge < -0.3 is 5.11 Å². The number of carbonyl (C=O) groups is 1. The molecule has 0 saturated heterocycles. The molecule has 1 amide bonds. The van der Waals surface area contributed by atoms with Crippen molar-refractivity contribution in [1.29, 1.82) is 0 Å². The van der Waals surface area contributed by atoms with Crippen molar-refractivity contribution >= 4 is 41.0 Å². The van der Waals surface area contributed by atoms with Crippen molar-refractivity contribution in [2.45, 2.75) is 6.92 Å². The van der Waals surface area contributed by atoms with Crippen LogP contribution in [0, 0.1) is 17.0 Å². The first-order chi connectivity index (χ1) is 11.3. The van der Waals surface area contributed by atoms with Crippen LogP contribution in [0.15, 0.2) is 35.4 Å². The van der Waals surface area contributed by atoms with E-state index in [0.29, 0.717) is 5.56 Å². The van der Waals surface area contributed by atoms with Crippen molar-refractivity contribution in [2.24, 2.45) is 5.10 Å². The number of aromatic hydroxyl groups is 1. The first kappa shape index (κ1) is 17.7. The fraction of sp³-hybridized carbons (Fsp3) is 0.0667. The average molecular weight is 368 g/mol. The predicted octanol–water partition coefficient (Wildman–Crippen LogP) is 3.68. The van der Waals surface area contributed by atoms with Crippen LogP contribution in [-0.2, 0) is 0 Å². The number of benzene rings is 2. The van der Waals surface area contributed by atoms with Gasteiger partial charge in [-0.2, -0.15) is 5.10 Å². The number of nitrogens with one attached hydrogen (secondary N) is 1. The molecule has 2 rings (SSSR count). The lowest BCUT2D eigenvalue weighted by Gasteiger charge is -2.04. The summed E-state index contributed by atoms with van der Waals surface area (Å²) in [6.45, 7) is 1.70. The number of carbonyl (C=O) groups excluding carboxylic acids is 1. The molecule has 0 aliphatic heterocycles. The van der Waals surface area contributed by atoms with Gasteiger partial charge in [-0.3, -0.25) is 14.9 Å². The molecule has 9 heteroatoms. The zero-order valence-electron chi connectivity index (χ0n) is 12.3. The number of nitrogens with zero attached hydrogens (tertiary/aromatic N) is 2. The highest BCUT2D eigenvalue weighted by Gasteiger charge is 2.19. The fourth-order valence-electron chi connectivity index (χ4n) is 1.90. The zero-order valence-corrected chi connectivity index (χ0v) is 13.8. The van der Waals surface area contributed by atoms with E-state index in [0.717, 1.165) is 6.21 Å². The molecular weight excluding hydrogens is 357 g/mol. The highest BCUT2D eigenvalue weighted by atomic mass is 35.5. The van der Waals surface area contributed by atoms with E-state index in [1.165, 1.54) is 30.3 Å². The maximum absolute atomic E-state index is 12.1. The van der Waals surface area contributed by atoms with Crippen molar-refractivity contribution in [3.05, 3.63) is 67.2 Å². The number of rotatable bonds is 4. The van der Waals surface area contributed by atoms with Crippen LogP contribution in [0.2, 0.25) is 10.0 Å². The first-order valence-electron chi connectivity index (χ1n) is 6.56. The maximum Gasteiger partial charge on any atom is 0.282 e. The van der Waals surface area contributed by atoms with E-state index in [2.05, 4.69) is 10.5 Å². The first-order valence-corrected chi connectivity index (χ1v) is 7.31. The molecule has 0 unspecified atom stereocenters. The van der Waals surface area contributed by atoms with Crippen LogP contribution in [0.5, 0.6) is 5.75 Å². The summed E-state index contributed by atoms with van der Waals surface area (Å²) in [6.07, 6.45) is 1.13. The number of halogens is 2. The number of nitro groups is 1. The largest absolute Gasteiger partial charge is 0.506 e. The van der Waals surface area contributed by atoms with E-state index >= 15 is 0 Å². The number of hydrogen-bond donors (Lipinski definition) is 2. The molecule has 0 spiro atoms. The summed E-state index contributed by atoms with van der Waals surface area (Å²) in [5.41, 5.74) is 2.59. The van der Waals surface area contributed by atoms with Crippen molar-refractivity contribution in [3.8, 4) is 5.75 Å². The van der Waals surface area contributed by atoms with Gasteiger partial charge in [-0.25, -0.2) is 5.43 Å². The van der Waals surface area contributed by atoms with Crippen molar-refractivity contribution < 1.29 is 14.8 Å². The van der Waals surface area contributed by atoms with Gasteiger partial charge in [0.2, 0.25) is 0 Å². The number of hydrazone groups is 1. The quantitative estimate of drug-likeness (QED) is 0.488. The Hall–Kier alpha value is -2.64. The second kappa shape index (κ2) is 7.29. The van der Waals surface area contributed by atoms with Gasteiger partial charge in [-0.1, -0.05) is 29.3 Å². The predicted molar refractivity (Wildman–Crippen MR) is 91.0 cm³/mol. The molecule has 2 N–H and O–H groups in total. The number of aryl methyl sites for hydroxylation is 1. The van der Waals surface area contributed by atoms with Crippen LogP contribution >= 0.6 is 23.2 Å². The molecule has 0 heterocycles. The third kappa shape index (κ3) is 4.01. The van der Waals surface area contributed by atoms with Crippen LogP contribution in [0.1, 0.15) is 21.5 Å². The van der Waals surface area contributed by atoms with E-state index in [-0.39, 0.29) is 32.6 Å². The minimum atomic E-state index is -0.755. The summed E-state index contributed by atoms with van der Waals surface area (Å²) < 4.78 is 0. The molecular formula is C15H11Cl2N3O4. The third-order valence-corrected chi connectivity index (χ3v) is 3.53. The van der Waals surface area contributed by atoms with Crippen molar-refractivity contribution in [1.82, 2.24) is 5.43 Å². The van der Waals surface area contributed by atoms with Gasteiger partial charge in [0.15, 0.2) is 0 Å². The van der Waals surface area contributed by atoms with Gasteiger partial charge in [-0.05, 0) is 30.7 Å². The Labute approximate surface area is 146 Å². The molecule has 2 aromatic rings. The minimum absolute atomic E-state index is 0.0320. The van der Waals surface area contributed by atoms with E-state index in [4.69, 9.17) is 23.2 Å². The lowest BCUT2D eigenvalue weighted by Crippen LogP contribution is -2.19.